The van der Waals surface area contributed by atoms with Crippen LogP contribution >= 0.6 is 11.6 Å². The molecular formula is C16H19ClN2O4S. The van der Waals surface area contributed by atoms with Gasteiger partial charge >= 0.3 is 0 Å². The van der Waals surface area contributed by atoms with E-state index in [1.54, 1.807) is 34.1 Å². The Morgan fingerprint density at radius 2 is 1.75 bits per heavy atom. The van der Waals surface area contributed by atoms with Crippen molar-refractivity contribution in [3.63, 3.8) is 0 Å². The Hall–Kier alpha value is -1.60. The maximum Gasteiger partial charge on any atom is 0.254 e. The van der Waals surface area contributed by atoms with Crippen LogP contribution in [0.25, 0.3) is 0 Å². The Morgan fingerprint density at radius 1 is 1.08 bits per heavy atom. The van der Waals surface area contributed by atoms with E-state index in [1.807, 2.05) is 0 Å². The quantitative estimate of drug-likeness (QED) is 0.780. The zero-order chi connectivity index (χ0) is 17.3. The number of hydrogen-bond acceptors (Lipinski definition) is 4. The third-order valence-corrected chi connectivity index (χ3v) is 6.53. The number of rotatable bonds is 2. The summed E-state index contributed by atoms with van der Waals surface area (Å²) in [6.07, 6.45) is 0.406. The molecule has 6 nitrogen and oxygen atoms in total. The summed E-state index contributed by atoms with van der Waals surface area (Å²) in [6.45, 7) is 1.75. The molecule has 3 rings (SSSR count). The number of benzene rings is 1. The molecule has 0 N–H and O–H groups in total. The van der Waals surface area contributed by atoms with Crippen molar-refractivity contribution in [3.8, 4) is 0 Å². The molecule has 24 heavy (non-hydrogen) atoms. The fourth-order valence-corrected chi connectivity index (χ4v) is 5.10. The van der Waals surface area contributed by atoms with Gasteiger partial charge in [-0.1, -0.05) is 17.7 Å². The Kier molecular flexibility index (Phi) is 4.83. The minimum atomic E-state index is -3.07. The lowest BCUT2D eigenvalue weighted by Crippen LogP contribution is -2.52. The van der Waals surface area contributed by atoms with E-state index in [2.05, 4.69) is 0 Å². The number of carbonyl (C=O) groups is 2. The first-order chi connectivity index (χ1) is 11.4. The number of halogens is 1. The van der Waals surface area contributed by atoms with Crippen molar-refractivity contribution in [1.82, 2.24) is 9.80 Å². The molecule has 1 aromatic carbocycles. The van der Waals surface area contributed by atoms with Crippen molar-refractivity contribution in [2.75, 3.05) is 37.7 Å². The zero-order valence-corrected chi connectivity index (χ0v) is 14.7. The summed E-state index contributed by atoms with van der Waals surface area (Å²) in [5.74, 6) is -0.589. The van der Waals surface area contributed by atoms with Crippen molar-refractivity contribution in [1.29, 1.82) is 0 Å². The lowest BCUT2D eigenvalue weighted by Gasteiger charge is -2.36. The van der Waals surface area contributed by atoms with Crippen LogP contribution < -0.4 is 0 Å². The Labute approximate surface area is 146 Å². The highest BCUT2D eigenvalue weighted by atomic mass is 35.5. The van der Waals surface area contributed by atoms with Gasteiger partial charge in [-0.2, -0.15) is 0 Å². The van der Waals surface area contributed by atoms with Gasteiger partial charge in [0.2, 0.25) is 5.91 Å². The predicted octanol–water partition coefficient (Wildman–Crippen LogP) is 1.06. The van der Waals surface area contributed by atoms with E-state index in [4.69, 9.17) is 11.6 Å². The summed E-state index contributed by atoms with van der Waals surface area (Å²) in [5.41, 5.74) is 0.532. The smallest absolute Gasteiger partial charge is 0.254 e. The molecule has 0 saturated carbocycles. The summed E-state index contributed by atoms with van der Waals surface area (Å²) >= 11 is 5.92. The maximum absolute atomic E-state index is 12.5. The molecule has 2 amide bonds. The van der Waals surface area contributed by atoms with Gasteiger partial charge in [0.1, 0.15) is 0 Å². The number of piperazine rings is 1. The van der Waals surface area contributed by atoms with Gasteiger partial charge in [-0.3, -0.25) is 9.59 Å². The van der Waals surface area contributed by atoms with Crippen molar-refractivity contribution in [2.45, 2.75) is 6.42 Å². The molecule has 1 aromatic rings. The number of hydrogen-bond donors (Lipinski definition) is 0. The number of sulfone groups is 1. The summed E-state index contributed by atoms with van der Waals surface area (Å²) in [5, 5.41) is 0.511. The highest BCUT2D eigenvalue weighted by Gasteiger charge is 2.36. The second-order valence-electron chi connectivity index (χ2n) is 6.23. The molecule has 0 aliphatic carbocycles. The first-order valence-electron chi connectivity index (χ1n) is 7.90. The summed E-state index contributed by atoms with van der Waals surface area (Å²) in [6, 6.07) is 6.79. The molecule has 0 aromatic heterocycles. The Bertz CT molecular complexity index is 757. The molecule has 0 spiro atoms. The number of amides is 2. The van der Waals surface area contributed by atoms with E-state index in [1.165, 1.54) is 0 Å². The summed E-state index contributed by atoms with van der Waals surface area (Å²) in [7, 11) is -3.07. The van der Waals surface area contributed by atoms with Crippen LogP contribution in [0.4, 0.5) is 0 Å². The average molecular weight is 371 g/mol. The van der Waals surface area contributed by atoms with Crippen LogP contribution in [0.2, 0.25) is 5.02 Å². The van der Waals surface area contributed by atoms with Crippen LogP contribution in [0.15, 0.2) is 24.3 Å². The molecule has 8 heteroatoms. The molecule has 1 unspecified atom stereocenters. The second kappa shape index (κ2) is 6.72. The number of carbonyl (C=O) groups excluding carboxylic acids is 2. The lowest BCUT2D eigenvalue weighted by atomic mass is 10.1. The van der Waals surface area contributed by atoms with Gasteiger partial charge < -0.3 is 9.80 Å². The second-order valence-corrected chi connectivity index (χ2v) is 8.89. The largest absolute Gasteiger partial charge is 0.339 e. The van der Waals surface area contributed by atoms with Crippen molar-refractivity contribution >= 4 is 33.3 Å². The van der Waals surface area contributed by atoms with Crippen LogP contribution in [0.5, 0.6) is 0 Å². The van der Waals surface area contributed by atoms with Crippen LogP contribution in [0, 0.1) is 5.92 Å². The van der Waals surface area contributed by atoms with Gasteiger partial charge in [0.15, 0.2) is 9.84 Å². The normalized spacial score (nSPS) is 23.3. The zero-order valence-electron chi connectivity index (χ0n) is 13.2. The number of nitrogens with zero attached hydrogens (tertiary/aromatic N) is 2. The van der Waals surface area contributed by atoms with Gasteiger partial charge in [-0.25, -0.2) is 8.42 Å². The van der Waals surface area contributed by atoms with Crippen LogP contribution in [-0.4, -0.2) is 67.7 Å². The van der Waals surface area contributed by atoms with Crippen molar-refractivity contribution < 1.29 is 18.0 Å². The first kappa shape index (κ1) is 17.2. The van der Waals surface area contributed by atoms with Gasteiger partial charge in [0, 0.05) is 36.8 Å². The molecule has 2 aliphatic rings. The van der Waals surface area contributed by atoms with Crippen LogP contribution in [0.3, 0.4) is 0 Å². The molecule has 0 radical (unpaired) electrons. The molecule has 2 heterocycles. The molecule has 0 bridgehead atoms. The third-order valence-electron chi connectivity index (χ3n) is 4.53. The SMILES string of the molecule is O=C(c1cccc(Cl)c1)N1CCN(C(=O)C2CCS(=O)(=O)C2)CC1. The molecule has 2 fully saturated rings. The highest BCUT2D eigenvalue weighted by molar-refractivity contribution is 7.91. The maximum atomic E-state index is 12.5. The molecule has 130 valence electrons. The molecule has 1 atom stereocenters. The third kappa shape index (κ3) is 3.72. The minimum absolute atomic E-state index is 0.0481. The highest BCUT2D eigenvalue weighted by Crippen LogP contribution is 2.22. The minimum Gasteiger partial charge on any atom is -0.339 e. The first-order valence-corrected chi connectivity index (χ1v) is 10.1. The standard InChI is InChI=1S/C16H19ClN2O4S/c17-14-3-1-2-12(10-14)15(20)18-5-7-19(8-6-18)16(21)13-4-9-24(22,23)11-13/h1-3,10,13H,4-9,11H2. The van der Waals surface area contributed by atoms with E-state index in [0.717, 1.165) is 0 Å². The fourth-order valence-electron chi connectivity index (χ4n) is 3.18. The Morgan fingerprint density at radius 3 is 2.33 bits per heavy atom. The van der Waals surface area contributed by atoms with Gasteiger partial charge in [-0.05, 0) is 24.6 Å². The summed E-state index contributed by atoms with van der Waals surface area (Å²) < 4.78 is 23.0. The Balaban J connectivity index is 1.58. The van der Waals surface area contributed by atoms with Crippen molar-refractivity contribution in [2.24, 2.45) is 5.92 Å². The predicted molar refractivity (Wildman–Crippen MR) is 90.7 cm³/mol. The van der Waals surface area contributed by atoms with E-state index >= 15 is 0 Å². The monoisotopic (exact) mass is 370 g/mol. The molecule has 2 saturated heterocycles. The van der Waals surface area contributed by atoms with Gasteiger partial charge in [0.25, 0.3) is 5.91 Å². The molecule has 2 aliphatic heterocycles. The van der Waals surface area contributed by atoms with E-state index in [9.17, 15) is 18.0 Å². The van der Waals surface area contributed by atoms with Crippen LogP contribution in [0.1, 0.15) is 16.8 Å². The van der Waals surface area contributed by atoms with E-state index < -0.39 is 15.8 Å². The average Bonchev–Trinajstić information content (AvgIpc) is 2.93. The van der Waals surface area contributed by atoms with Gasteiger partial charge in [-0.15, -0.1) is 0 Å². The molecular weight excluding hydrogens is 352 g/mol. The van der Waals surface area contributed by atoms with Crippen molar-refractivity contribution in [3.05, 3.63) is 34.9 Å². The van der Waals surface area contributed by atoms with Gasteiger partial charge in [0.05, 0.1) is 17.4 Å². The van der Waals surface area contributed by atoms with E-state index in [0.29, 0.717) is 43.2 Å². The lowest BCUT2D eigenvalue weighted by molar-refractivity contribution is -0.136. The topological polar surface area (TPSA) is 74.8 Å². The van der Waals surface area contributed by atoms with Crippen LogP contribution in [-0.2, 0) is 14.6 Å². The summed E-state index contributed by atoms with van der Waals surface area (Å²) in [4.78, 5) is 28.2. The fraction of sp³-hybridized carbons (Fsp3) is 0.500. The van der Waals surface area contributed by atoms with E-state index in [-0.39, 0.29) is 23.3 Å².